The molecule has 0 aliphatic carbocycles. The third kappa shape index (κ3) is 2.35. The van der Waals surface area contributed by atoms with Crippen LogP contribution in [0.1, 0.15) is 22.8 Å². The van der Waals surface area contributed by atoms with E-state index in [9.17, 15) is 0 Å². The lowest BCUT2D eigenvalue weighted by molar-refractivity contribution is 0.810. The van der Waals surface area contributed by atoms with Gasteiger partial charge in [0.15, 0.2) is 5.82 Å². The second-order valence-corrected chi connectivity index (χ2v) is 5.45. The average molecular weight is 303 g/mol. The van der Waals surface area contributed by atoms with Crippen LogP contribution in [0.4, 0.5) is 0 Å². The SMILES string of the molecule is NCCc1nnc2n1-c1ccccc1C(c1ccccc1)=NC2. The van der Waals surface area contributed by atoms with Gasteiger partial charge in [0.1, 0.15) is 12.4 Å². The van der Waals surface area contributed by atoms with Crippen molar-refractivity contribution in [1.29, 1.82) is 0 Å². The maximum atomic E-state index is 5.72. The van der Waals surface area contributed by atoms with Crippen LogP contribution in [0.3, 0.4) is 0 Å². The van der Waals surface area contributed by atoms with Gasteiger partial charge in [0.25, 0.3) is 0 Å². The van der Waals surface area contributed by atoms with Gasteiger partial charge >= 0.3 is 0 Å². The Labute approximate surface area is 134 Å². The highest BCUT2D eigenvalue weighted by atomic mass is 15.3. The Bertz CT molecular complexity index is 864. The molecule has 1 aliphatic rings. The minimum atomic E-state index is 0.510. The summed E-state index contributed by atoms with van der Waals surface area (Å²) >= 11 is 0. The molecule has 5 nitrogen and oxygen atoms in total. The third-order valence-electron chi connectivity index (χ3n) is 3.99. The number of fused-ring (bicyclic) bond motifs is 3. The number of rotatable bonds is 3. The maximum Gasteiger partial charge on any atom is 0.159 e. The Hall–Kier alpha value is -2.79. The predicted molar refractivity (Wildman–Crippen MR) is 89.9 cm³/mol. The van der Waals surface area contributed by atoms with Crippen LogP contribution in [0.25, 0.3) is 5.69 Å². The monoisotopic (exact) mass is 303 g/mol. The van der Waals surface area contributed by atoms with Crippen LogP contribution < -0.4 is 5.73 Å². The van der Waals surface area contributed by atoms with Gasteiger partial charge in [-0.25, -0.2) is 0 Å². The fourth-order valence-corrected chi connectivity index (χ4v) is 2.97. The molecule has 0 bridgehead atoms. The minimum Gasteiger partial charge on any atom is -0.330 e. The Morgan fingerprint density at radius 1 is 0.957 bits per heavy atom. The number of para-hydroxylation sites is 1. The molecule has 0 amide bonds. The molecule has 0 unspecified atom stereocenters. The third-order valence-corrected chi connectivity index (χ3v) is 3.99. The molecule has 0 fully saturated rings. The summed E-state index contributed by atoms with van der Waals surface area (Å²) in [6, 6.07) is 18.5. The first-order valence-electron chi connectivity index (χ1n) is 7.71. The molecule has 3 aromatic rings. The van der Waals surface area contributed by atoms with Crippen molar-refractivity contribution in [3.05, 3.63) is 77.4 Å². The number of nitrogens with two attached hydrogens (primary N) is 1. The predicted octanol–water partition coefficient (Wildman–Crippen LogP) is 2.12. The molecule has 2 heterocycles. The first-order valence-corrected chi connectivity index (χ1v) is 7.71. The highest BCUT2D eigenvalue weighted by Gasteiger charge is 2.21. The molecule has 114 valence electrons. The summed E-state index contributed by atoms with van der Waals surface area (Å²) in [5.74, 6) is 1.74. The van der Waals surface area contributed by atoms with Crippen molar-refractivity contribution in [2.45, 2.75) is 13.0 Å². The van der Waals surface area contributed by atoms with E-state index in [2.05, 4.69) is 39.0 Å². The Morgan fingerprint density at radius 3 is 2.57 bits per heavy atom. The molecule has 0 atom stereocenters. The van der Waals surface area contributed by atoms with Crippen molar-refractivity contribution in [3.63, 3.8) is 0 Å². The van der Waals surface area contributed by atoms with Gasteiger partial charge in [0, 0.05) is 17.5 Å². The van der Waals surface area contributed by atoms with Crippen molar-refractivity contribution in [2.24, 2.45) is 10.7 Å². The van der Waals surface area contributed by atoms with Crippen LogP contribution in [-0.4, -0.2) is 27.0 Å². The molecule has 4 rings (SSSR count). The smallest absolute Gasteiger partial charge is 0.159 e. The summed E-state index contributed by atoms with van der Waals surface area (Å²) in [5.41, 5.74) is 9.98. The summed E-state index contributed by atoms with van der Waals surface area (Å²) in [7, 11) is 0. The van der Waals surface area contributed by atoms with Crippen LogP contribution >= 0.6 is 0 Å². The zero-order chi connectivity index (χ0) is 15.6. The van der Waals surface area contributed by atoms with Crippen LogP contribution in [0.15, 0.2) is 59.6 Å². The molecular formula is C18H17N5. The van der Waals surface area contributed by atoms with Crippen LogP contribution in [0.2, 0.25) is 0 Å². The van der Waals surface area contributed by atoms with E-state index in [0.717, 1.165) is 34.2 Å². The molecule has 2 aromatic carbocycles. The molecule has 23 heavy (non-hydrogen) atoms. The van der Waals surface area contributed by atoms with Crippen molar-refractivity contribution in [1.82, 2.24) is 14.8 Å². The summed E-state index contributed by atoms with van der Waals surface area (Å²) in [5, 5.41) is 8.60. The fraction of sp³-hybridized carbons (Fsp3) is 0.167. The van der Waals surface area contributed by atoms with E-state index < -0.39 is 0 Å². The van der Waals surface area contributed by atoms with E-state index in [1.807, 2.05) is 30.3 Å². The van der Waals surface area contributed by atoms with E-state index >= 15 is 0 Å². The van der Waals surface area contributed by atoms with Crippen molar-refractivity contribution in [3.8, 4) is 5.69 Å². The molecule has 2 N–H and O–H groups in total. The summed E-state index contributed by atoms with van der Waals surface area (Å²) in [6.45, 7) is 1.06. The van der Waals surface area contributed by atoms with Gasteiger partial charge in [-0.2, -0.15) is 0 Å². The average Bonchev–Trinajstić information content (AvgIpc) is 2.91. The van der Waals surface area contributed by atoms with Crippen molar-refractivity contribution >= 4 is 5.71 Å². The van der Waals surface area contributed by atoms with Crippen molar-refractivity contribution < 1.29 is 0 Å². The largest absolute Gasteiger partial charge is 0.330 e. The van der Waals surface area contributed by atoms with Gasteiger partial charge < -0.3 is 5.73 Å². The highest BCUT2D eigenvalue weighted by molar-refractivity contribution is 6.15. The molecule has 1 aliphatic heterocycles. The van der Waals surface area contributed by atoms with Crippen LogP contribution in [-0.2, 0) is 13.0 Å². The molecule has 0 saturated carbocycles. The number of hydrogen-bond acceptors (Lipinski definition) is 4. The maximum absolute atomic E-state index is 5.72. The van der Waals surface area contributed by atoms with Gasteiger partial charge in [-0.1, -0.05) is 48.5 Å². The first-order chi connectivity index (χ1) is 11.4. The zero-order valence-electron chi connectivity index (χ0n) is 12.7. The number of aromatic nitrogens is 3. The quantitative estimate of drug-likeness (QED) is 0.806. The van der Waals surface area contributed by atoms with Gasteiger partial charge in [0.2, 0.25) is 0 Å². The number of aliphatic imine (C=N–C) groups is 1. The topological polar surface area (TPSA) is 69.1 Å². The Morgan fingerprint density at radius 2 is 1.74 bits per heavy atom. The minimum absolute atomic E-state index is 0.510. The van der Waals surface area contributed by atoms with E-state index in [1.54, 1.807) is 0 Å². The van der Waals surface area contributed by atoms with E-state index in [4.69, 9.17) is 10.7 Å². The fourth-order valence-electron chi connectivity index (χ4n) is 2.97. The normalized spacial score (nSPS) is 13.0. The molecule has 0 spiro atoms. The molecule has 1 aromatic heterocycles. The zero-order valence-corrected chi connectivity index (χ0v) is 12.7. The summed E-state index contributed by atoms with van der Waals surface area (Å²) < 4.78 is 2.10. The molecule has 0 saturated heterocycles. The van der Waals surface area contributed by atoms with Gasteiger partial charge in [0.05, 0.1) is 11.4 Å². The van der Waals surface area contributed by atoms with E-state index in [0.29, 0.717) is 19.5 Å². The summed E-state index contributed by atoms with van der Waals surface area (Å²) in [4.78, 5) is 4.81. The standard InChI is InChI=1S/C18H17N5/c19-11-10-16-21-22-17-12-20-18(13-6-2-1-3-7-13)14-8-4-5-9-15(14)23(16)17/h1-9H,10-12,19H2. The Balaban J connectivity index is 1.93. The van der Waals surface area contributed by atoms with Crippen LogP contribution in [0, 0.1) is 0 Å². The number of benzene rings is 2. The van der Waals surface area contributed by atoms with Gasteiger partial charge in [-0.15, -0.1) is 10.2 Å². The number of nitrogens with zero attached hydrogens (tertiary/aromatic N) is 4. The second-order valence-electron chi connectivity index (χ2n) is 5.45. The summed E-state index contributed by atoms with van der Waals surface area (Å²) in [6.07, 6.45) is 0.696. The van der Waals surface area contributed by atoms with E-state index in [-0.39, 0.29) is 0 Å². The lowest BCUT2D eigenvalue weighted by atomic mass is 10.0. The lowest BCUT2D eigenvalue weighted by Crippen LogP contribution is -2.12. The Kier molecular flexibility index (Phi) is 3.48. The number of hydrogen-bond donors (Lipinski definition) is 1. The van der Waals surface area contributed by atoms with Gasteiger partial charge in [-0.3, -0.25) is 9.56 Å². The molecule has 0 radical (unpaired) electrons. The van der Waals surface area contributed by atoms with Crippen LogP contribution in [0.5, 0.6) is 0 Å². The highest BCUT2D eigenvalue weighted by Crippen LogP contribution is 2.25. The van der Waals surface area contributed by atoms with E-state index in [1.165, 1.54) is 0 Å². The first kappa shape index (κ1) is 13.8. The second kappa shape index (κ2) is 5.78. The lowest BCUT2D eigenvalue weighted by Gasteiger charge is -2.13. The van der Waals surface area contributed by atoms with Crippen molar-refractivity contribution in [2.75, 3.05) is 6.54 Å². The molecular weight excluding hydrogens is 286 g/mol. The molecule has 5 heteroatoms. The van der Waals surface area contributed by atoms with Gasteiger partial charge in [-0.05, 0) is 12.6 Å².